The van der Waals surface area contributed by atoms with Gasteiger partial charge in [0.25, 0.3) is 0 Å². The molecule has 174 valence electrons. The number of carbonyl (C=O) groups is 2. The highest BCUT2D eigenvalue weighted by Gasteiger charge is 2.28. The maximum absolute atomic E-state index is 12.7. The van der Waals surface area contributed by atoms with Gasteiger partial charge in [-0.05, 0) is 36.4 Å². The van der Waals surface area contributed by atoms with Gasteiger partial charge in [0, 0.05) is 17.7 Å². The lowest BCUT2D eigenvalue weighted by Gasteiger charge is -2.09. The highest BCUT2D eigenvalue weighted by Crippen LogP contribution is 2.36. The van der Waals surface area contributed by atoms with Gasteiger partial charge in [0.1, 0.15) is 28.7 Å². The maximum atomic E-state index is 12.7. The van der Waals surface area contributed by atoms with E-state index in [0.29, 0.717) is 11.5 Å². The second kappa shape index (κ2) is 9.62. The van der Waals surface area contributed by atoms with Crippen molar-refractivity contribution in [3.05, 3.63) is 83.1 Å². The minimum absolute atomic E-state index is 0.0821. The Labute approximate surface area is 193 Å². The molecule has 0 unspecified atom stereocenters. The van der Waals surface area contributed by atoms with Gasteiger partial charge in [0.15, 0.2) is 5.76 Å². The lowest BCUT2D eigenvalue weighted by Crippen LogP contribution is -2.09. The molecule has 9 heteroatoms. The maximum Gasteiger partial charge on any atom is 0.387 e. The highest BCUT2D eigenvalue weighted by molar-refractivity contribution is 6.14. The van der Waals surface area contributed by atoms with Gasteiger partial charge < -0.3 is 23.7 Å². The van der Waals surface area contributed by atoms with Crippen LogP contribution in [0.25, 0.3) is 6.08 Å². The van der Waals surface area contributed by atoms with E-state index in [1.165, 1.54) is 68.8 Å². The predicted octanol–water partition coefficient (Wildman–Crippen LogP) is 5.14. The van der Waals surface area contributed by atoms with Crippen LogP contribution in [0.3, 0.4) is 0 Å². The summed E-state index contributed by atoms with van der Waals surface area (Å²) in [7, 11) is 2.92. The van der Waals surface area contributed by atoms with Crippen molar-refractivity contribution in [1.29, 1.82) is 0 Å². The fourth-order valence-electron chi connectivity index (χ4n) is 3.27. The van der Waals surface area contributed by atoms with Crippen molar-refractivity contribution in [3.8, 4) is 28.7 Å². The van der Waals surface area contributed by atoms with E-state index in [4.69, 9.17) is 18.9 Å². The van der Waals surface area contributed by atoms with Gasteiger partial charge in [-0.25, -0.2) is 4.79 Å². The molecule has 0 radical (unpaired) electrons. The van der Waals surface area contributed by atoms with Gasteiger partial charge in [-0.15, -0.1) is 0 Å². The third-order valence-corrected chi connectivity index (χ3v) is 4.86. The Morgan fingerprint density at radius 3 is 2.32 bits per heavy atom. The zero-order chi connectivity index (χ0) is 24.2. The molecule has 0 spiro atoms. The van der Waals surface area contributed by atoms with Crippen molar-refractivity contribution in [2.45, 2.75) is 6.61 Å². The van der Waals surface area contributed by atoms with E-state index in [9.17, 15) is 18.4 Å². The van der Waals surface area contributed by atoms with Crippen LogP contribution >= 0.6 is 0 Å². The Bertz CT molecular complexity index is 1260. The lowest BCUT2D eigenvalue weighted by molar-refractivity contribution is -0.0500. The third kappa shape index (κ3) is 4.83. The van der Waals surface area contributed by atoms with Crippen LogP contribution in [0.4, 0.5) is 8.78 Å². The Balaban J connectivity index is 1.56. The van der Waals surface area contributed by atoms with Gasteiger partial charge in [-0.1, -0.05) is 18.2 Å². The summed E-state index contributed by atoms with van der Waals surface area (Å²) in [6.45, 7) is -3.02. The zero-order valence-electron chi connectivity index (χ0n) is 18.0. The third-order valence-electron chi connectivity index (χ3n) is 4.86. The number of hydrogen-bond donors (Lipinski definition) is 0. The van der Waals surface area contributed by atoms with Crippen LogP contribution in [0.2, 0.25) is 0 Å². The van der Waals surface area contributed by atoms with E-state index in [2.05, 4.69) is 4.74 Å². The van der Waals surface area contributed by atoms with Gasteiger partial charge in [0.05, 0.1) is 25.3 Å². The van der Waals surface area contributed by atoms with E-state index < -0.39 is 18.4 Å². The smallest absolute Gasteiger partial charge is 0.387 e. The van der Waals surface area contributed by atoms with Gasteiger partial charge in [-0.3, -0.25) is 4.79 Å². The summed E-state index contributed by atoms with van der Waals surface area (Å²) in [5, 5.41) is 0. The topological polar surface area (TPSA) is 80.3 Å². The summed E-state index contributed by atoms with van der Waals surface area (Å²) in [6.07, 6.45) is 1.31. The first-order chi connectivity index (χ1) is 16.4. The molecule has 34 heavy (non-hydrogen) atoms. The minimum Gasteiger partial charge on any atom is -0.497 e. The van der Waals surface area contributed by atoms with Crippen molar-refractivity contribution in [2.24, 2.45) is 0 Å². The number of Topliss-reactive ketones (excluding diaryl/α,β-unsaturated/α-hetero) is 1. The molecule has 3 aromatic rings. The van der Waals surface area contributed by atoms with E-state index >= 15 is 0 Å². The van der Waals surface area contributed by atoms with Crippen LogP contribution in [-0.2, 0) is 0 Å². The van der Waals surface area contributed by atoms with Gasteiger partial charge in [0.2, 0.25) is 5.78 Å². The molecule has 3 aromatic carbocycles. The first-order valence-corrected chi connectivity index (χ1v) is 9.95. The summed E-state index contributed by atoms with van der Waals surface area (Å²) in [4.78, 5) is 25.3. The van der Waals surface area contributed by atoms with Crippen molar-refractivity contribution < 1.29 is 42.1 Å². The van der Waals surface area contributed by atoms with Gasteiger partial charge in [-0.2, -0.15) is 8.78 Å². The quantitative estimate of drug-likeness (QED) is 0.270. The summed E-state index contributed by atoms with van der Waals surface area (Å²) in [6, 6.07) is 14.9. The fraction of sp³-hybridized carbons (Fsp3) is 0.120. The number of hydrogen-bond acceptors (Lipinski definition) is 7. The Kier molecular flexibility index (Phi) is 6.44. The number of rotatable bonds is 7. The fourth-order valence-corrected chi connectivity index (χ4v) is 3.27. The summed E-state index contributed by atoms with van der Waals surface area (Å²) in [5.41, 5.74) is 0.684. The second-order valence-electron chi connectivity index (χ2n) is 7.00. The molecule has 0 amide bonds. The van der Waals surface area contributed by atoms with Crippen LogP contribution < -0.4 is 23.7 Å². The van der Waals surface area contributed by atoms with Crippen LogP contribution in [0.5, 0.6) is 28.7 Å². The number of alkyl halides is 2. The molecule has 0 atom stereocenters. The van der Waals surface area contributed by atoms with Crippen molar-refractivity contribution in [2.75, 3.05) is 14.2 Å². The molecule has 0 saturated carbocycles. The molecule has 4 rings (SSSR count). The molecule has 1 aliphatic rings. The number of esters is 1. The summed E-state index contributed by atoms with van der Waals surface area (Å²) >= 11 is 0. The van der Waals surface area contributed by atoms with Crippen LogP contribution in [0, 0.1) is 0 Å². The largest absolute Gasteiger partial charge is 0.497 e. The summed E-state index contributed by atoms with van der Waals surface area (Å²) < 4.78 is 51.2. The predicted molar refractivity (Wildman–Crippen MR) is 117 cm³/mol. The average molecular weight is 468 g/mol. The normalized spacial score (nSPS) is 13.4. The Morgan fingerprint density at radius 2 is 1.65 bits per heavy atom. The molecular formula is C25H18F2O7. The number of ketones is 1. The molecule has 0 bridgehead atoms. The van der Waals surface area contributed by atoms with E-state index in [1.54, 1.807) is 12.1 Å². The summed E-state index contributed by atoms with van der Waals surface area (Å²) in [5.74, 6) is -0.159. The Hall–Kier alpha value is -4.40. The van der Waals surface area contributed by atoms with Crippen molar-refractivity contribution in [1.82, 2.24) is 0 Å². The average Bonchev–Trinajstić information content (AvgIpc) is 3.13. The molecule has 1 heterocycles. The number of benzene rings is 3. The van der Waals surface area contributed by atoms with Crippen LogP contribution in [0.15, 0.2) is 66.4 Å². The molecule has 0 fully saturated rings. The standard InChI is InChI=1S/C25H18F2O7/c1-30-17-9-15(10-18(12-17)31-2)24(29)32-16-7-8-19-21(13-16)33-22(23(19)28)11-14-5-3-4-6-20(14)34-25(26)27/h3-13,25H,1-2H3/b22-11-. The molecule has 7 nitrogen and oxygen atoms in total. The number of fused-ring (bicyclic) bond motifs is 1. The first kappa shape index (κ1) is 22.8. The van der Waals surface area contributed by atoms with Crippen molar-refractivity contribution in [3.63, 3.8) is 0 Å². The zero-order valence-corrected chi connectivity index (χ0v) is 18.0. The number of allylic oxidation sites excluding steroid dienone is 1. The van der Waals surface area contributed by atoms with Gasteiger partial charge >= 0.3 is 12.6 Å². The van der Waals surface area contributed by atoms with Crippen LogP contribution in [-0.4, -0.2) is 32.6 Å². The Morgan fingerprint density at radius 1 is 0.941 bits per heavy atom. The van der Waals surface area contributed by atoms with E-state index in [1.807, 2.05) is 0 Å². The van der Waals surface area contributed by atoms with E-state index in [0.717, 1.165) is 0 Å². The number of carbonyl (C=O) groups excluding carboxylic acids is 2. The minimum atomic E-state index is -3.02. The number of halogens is 2. The molecule has 0 saturated heterocycles. The second-order valence-corrected chi connectivity index (χ2v) is 7.00. The monoisotopic (exact) mass is 468 g/mol. The molecule has 1 aliphatic heterocycles. The molecule has 0 aromatic heterocycles. The molecule has 0 N–H and O–H groups in total. The SMILES string of the molecule is COc1cc(OC)cc(C(=O)Oc2ccc3c(c2)O/C(=C\c2ccccc2OC(F)F)C3=O)c1. The van der Waals surface area contributed by atoms with E-state index in [-0.39, 0.29) is 39.7 Å². The first-order valence-electron chi connectivity index (χ1n) is 9.95. The molecule has 0 aliphatic carbocycles. The number of ether oxygens (including phenoxy) is 5. The number of para-hydroxylation sites is 1. The van der Waals surface area contributed by atoms with Crippen molar-refractivity contribution >= 4 is 17.8 Å². The lowest BCUT2D eigenvalue weighted by atomic mass is 10.1. The molecular weight excluding hydrogens is 450 g/mol. The number of methoxy groups -OCH3 is 2. The highest BCUT2D eigenvalue weighted by atomic mass is 19.3. The van der Waals surface area contributed by atoms with Crippen LogP contribution in [0.1, 0.15) is 26.3 Å².